The van der Waals surface area contributed by atoms with Crippen LogP contribution in [-0.2, 0) is 11.8 Å². The minimum Gasteiger partial charge on any atom is -0.497 e. The number of benzene rings is 1. The highest BCUT2D eigenvalue weighted by Gasteiger charge is 2.33. The van der Waals surface area contributed by atoms with Gasteiger partial charge in [0.1, 0.15) is 5.75 Å². The van der Waals surface area contributed by atoms with Crippen molar-refractivity contribution in [1.82, 2.24) is 24.5 Å². The number of aliphatic hydroxyl groups is 1. The number of piperazine rings is 1. The molecule has 0 unspecified atom stereocenters. The molecule has 1 aromatic carbocycles. The summed E-state index contributed by atoms with van der Waals surface area (Å²) in [6, 6.07) is 9.48. The van der Waals surface area contributed by atoms with Gasteiger partial charge in [-0.15, -0.1) is 0 Å². The molecule has 2 aromatic rings. The second-order valence-corrected chi connectivity index (χ2v) is 8.81. The lowest BCUT2D eigenvalue weighted by molar-refractivity contribution is -0.131. The van der Waals surface area contributed by atoms with Crippen molar-refractivity contribution in [3.63, 3.8) is 0 Å². The SMILES string of the molecule is COc1ccc(-c2cc(C(=O)N3CC[C@H](O)[C@@H](N4CCN(C(C)=O)CC4)CC3)nn2C)cc1. The van der Waals surface area contributed by atoms with Crippen molar-refractivity contribution < 1.29 is 19.4 Å². The van der Waals surface area contributed by atoms with Crippen molar-refractivity contribution in [3.8, 4) is 17.0 Å². The molecular weight excluding hydrogens is 422 g/mol. The van der Waals surface area contributed by atoms with Crippen LogP contribution in [0.15, 0.2) is 30.3 Å². The lowest BCUT2D eigenvalue weighted by Crippen LogP contribution is -2.54. The van der Waals surface area contributed by atoms with Crippen LogP contribution >= 0.6 is 0 Å². The van der Waals surface area contributed by atoms with Gasteiger partial charge in [0, 0.05) is 64.8 Å². The third kappa shape index (κ3) is 5.04. The van der Waals surface area contributed by atoms with Crippen LogP contribution < -0.4 is 4.74 Å². The van der Waals surface area contributed by atoms with Gasteiger partial charge in [-0.2, -0.15) is 5.10 Å². The number of rotatable bonds is 4. The van der Waals surface area contributed by atoms with E-state index in [2.05, 4.69) is 10.00 Å². The zero-order valence-corrected chi connectivity index (χ0v) is 19.6. The van der Waals surface area contributed by atoms with Crippen LogP contribution in [0.2, 0.25) is 0 Å². The Labute approximate surface area is 194 Å². The van der Waals surface area contributed by atoms with Gasteiger partial charge in [0.2, 0.25) is 5.91 Å². The Balaban J connectivity index is 1.42. The van der Waals surface area contributed by atoms with Crippen molar-refractivity contribution >= 4 is 11.8 Å². The lowest BCUT2D eigenvalue weighted by atomic mass is 10.0. The summed E-state index contributed by atoms with van der Waals surface area (Å²) in [7, 11) is 3.46. The predicted molar refractivity (Wildman–Crippen MR) is 124 cm³/mol. The monoisotopic (exact) mass is 455 g/mol. The molecule has 0 spiro atoms. The standard InChI is InChI=1S/C24H33N5O4/c1-17(30)27-12-14-28(15-13-27)21-8-10-29(11-9-23(21)31)24(32)20-16-22(26(2)25-20)18-4-6-19(33-3)7-5-18/h4-7,16,21,23,31H,8-15H2,1-3H3/t21-,23-/m0/s1. The Morgan fingerprint density at radius 3 is 2.30 bits per heavy atom. The minimum atomic E-state index is -0.495. The zero-order chi connectivity index (χ0) is 23.5. The van der Waals surface area contributed by atoms with Crippen LogP contribution in [0.3, 0.4) is 0 Å². The number of ether oxygens (including phenoxy) is 1. The van der Waals surface area contributed by atoms with Gasteiger partial charge in [0.25, 0.3) is 5.91 Å². The molecule has 3 heterocycles. The Morgan fingerprint density at radius 2 is 1.67 bits per heavy atom. The molecule has 33 heavy (non-hydrogen) atoms. The first kappa shape index (κ1) is 23.3. The molecule has 9 heteroatoms. The number of hydrogen-bond donors (Lipinski definition) is 1. The topological polar surface area (TPSA) is 91.1 Å². The Morgan fingerprint density at radius 1 is 1.00 bits per heavy atom. The molecule has 9 nitrogen and oxygen atoms in total. The number of nitrogens with zero attached hydrogens (tertiary/aromatic N) is 5. The highest BCUT2D eigenvalue weighted by Crippen LogP contribution is 2.25. The van der Waals surface area contributed by atoms with Crippen LogP contribution in [0.25, 0.3) is 11.3 Å². The number of carbonyl (C=O) groups excluding carboxylic acids is 2. The third-order valence-corrected chi connectivity index (χ3v) is 6.83. The molecule has 1 N–H and O–H groups in total. The van der Waals surface area contributed by atoms with Gasteiger partial charge in [0.05, 0.1) is 18.9 Å². The summed E-state index contributed by atoms with van der Waals surface area (Å²) in [4.78, 5) is 30.8. The molecule has 0 bridgehead atoms. The number of likely N-dealkylation sites (tertiary alicyclic amines) is 1. The number of aromatic nitrogens is 2. The fraction of sp³-hybridized carbons (Fsp3) is 0.542. The van der Waals surface area contributed by atoms with Gasteiger partial charge < -0.3 is 19.6 Å². The van der Waals surface area contributed by atoms with Crippen molar-refractivity contribution in [2.24, 2.45) is 7.05 Å². The average Bonchev–Trinajstić information content (AvgIpc) is 3.11. The summed E-state index contributed by atoms with van der Waals surface area (Å²) >= 11 is 0. The van der Waals surface area contributed by atoms with Gasteiger partial charge in [-0.05, 0) is 43.2 Å². The zero-order valence-electron chi connectivity index (χ0n) is 19.6. The maximum atomic E-state index is 13.2. The first-order valence-electron chi connectivity index (χ1n) is 11.5. The quantitative estimate of drug-likeness (QED) is 0.746. The molecule has 2 aliphatic rings. The number of carbonyl (C=O) groups is 2. The fourth-order valence-electron chi connectivity index (χ4n) is 4.84. The van der Waals surface area contributed by atoms with Gasteiger partial charge in [-0.3, -0.25) is 19.2 Å². The van der Waals surface area contributed by atoms with E-state index < -0.39 is 6.10 Å². The number of methoxy groups -OCH3 is 1. The third-order valence-electron chi connectivity index (χ3n) is 6.83. The van der Waals surface area contributed by atoms with Crippen molar-refractivity contribution in [1.29, 1.82) is 0 Å². The van der Waals surface area contributed by atoms with E-state index in [1.54, 1.807) is 23.6 Å². The smallest absolute Gasteiger partial charge is 0.274 e. The summed E-state index contributed by atoms with van der Waals surface area (Å²) < 4.78 is 6.94. The van der Waals surface area contributed by atoms with Crippen LogP contribution in [0.5, 0.6) is 5.75 Å². The highest BCUT2D eigenvalue weighted by atomic mass is 16.5. The van der Waals surface area contributed by atoms with E-state index in [-0.39, 0.29) is 17.9 Å². The van der Waals surface area contributed by atoms with Gasteiger partial charge in [0.15, 0.2) is 5.69 Å². The van der Waals surface area contributed by atoms with E-state index in [0.717, 1.165) is 30.1 Å². The van der Waals surface area contributed by atoms with Gasteiger partial charge >= 0.3 is 0 Å². The normalized spacial score (nSPS) is 22.2. The maximum absolute atomic E-state index is 13.2. The molecule has 2 aliphatic heterocycles. The Hall–Kier alpha value is -2.91. The molecule has 0 radical (unpaired) electrons. The fourth-order valence-corrected chi connectivity index (χ4v) is 4.84. The molecule has 0 aliphatic carbocycles. The summed E-state index contributed by atoms with van der Waals surface area (Å²) in [5, 5.41) is 15.3. The molecule has 178 valence electrons. The molecule has 2 amide bonds. The average molecular weight is 456 g/mol. The van der Waals surface area contributed by atoms with E-state index >= 15 is 0 Å². The van der Waals surface area contributed by atoms with E-state index in [0.29, 0.717) is 44.7 Å². The second-order valence-electron chi connectivity index (χ2n) is 8.81. The molecule has 1 aromatic heterocycles. The van der Waals surface area contributed by atoms with Gasteiger partial charge in [-0.1, -0.05) is 0 Å². The van der Waals surface area contributed by atoms with Crippen LogP contribution in [0.4, 0.5) is 0 Å². The molecule has 0 saturated carbocycles. The van der Waals surface area contributed by atoms with Crippen molar-refractivity contribution in [3.05, 3.63) is 36.0 Å². The van der Waals surface area contributed by atoms with E-state index in [1.807, 2.05) is 42.3 Å². The predicted octanol–water partition coefficient (Wildman–Crippen LogP) is 1.23. The highest BCUT2D eigenvalue weighted by molar-refractivity contribution is 5.93. The second kappa shape index (κ2) is 9.93. The van der Waals surface area contributed by atoms with Crippen molar-refractivity contribution in [2.75, 3.05) is 46.4 Å². The molecular formula is C24H33N5O4. The lowest BCUT2D eigenvalue weighted by Gasteiger charge is -2.40. The maximum Gasteiger partial charge on any atom is 0.274 e. The number of amides is 2. The molecule has 4 rings (SSSR count). The minimum absolute atomic E-state index is 0.00417. The van der Waals surface area contributed by atoms with Gasteiger partial charge in [-0.25, -0.2) is 0 Å². The summed E-state index contributed by atoms with van der Waals surface area (Å²) in [5.41, 5.74) is 2.23. The molecule has 2 saturated heterocycles. The summed E-state index contributed by atoms with van der Waals surface area (Å²) in [6.45, 7) is 5.53. The number of hydrogen-bond acceptors (Lipinski definition) is 6. The first-order chi connectivity index (χ1) is 15.9. The van der Waals surface area contributed by atoms with E-state index in [9.17, 15) is 14.7 Å². The van der Waals surface area contributed by atoms with E-state index in [1.165, 1.54) is 0 Å². The first-order valence-corrected chi connectivity index (χ1v) is 11.5. The van der Waals surface area contributed by atoms with Crippen LogP contribution in [0, 0.1) is 0 Å². The number of aryl methyl sites for hydroxylation is 1. The largest absolute Gasteiger partial charge is 0.497 e. The molecule has 2 atom stereocenters. The van der Waals surface area contributed by atoms with Crippen LogP contribution in [0.1, 0.15) is 30.3 Å². The van der Waals surface area contributed by atoms with E-state index in [4.69, 9.17) is 4.74 Å². The number of aliphatic hydroxyl groups excluding tert-OH is 1. The Kier molecular flexibility index (Phi) is 6.99. The van der Waals surface area contributed by atoms with Crippen LogP contribution in [-0.4, -0.2) is 99.9 Å². The Bertz CT molecular complexity index is 981. The summed E-state index contributed by atoms with van der Waals surface area (Å²) in [5.74, 6) is 0.759. The molecule has 2 fully saturated rings. The van der Waals surface area contributed by atoms with Crippen molar-refractivity contribution in [2.45, 2.75) is 31.9 Å². The summed E-state index contributed by atoms with van der Waals surface area (Å²) in [6.07, 6.45) is 0.734.